The van der Waals surface area contributed by atoms with Gasteiger partial charge in [0.2, 0.25) is 0 Å². The molecule has 6 heteroatoms. The molecule has 0 amide bonds. The van der Waals surface area contributed by atoms with Crippen LogP contribution in [0, 0.1) is 5.92 Å². The second-order valence-electron chi connectivity index (χ2n) is 3.62. The van der Waals surface area contributed by atoms with Crippen LogP contribution >= 0.6 is 0 Å². The Balaban J connectivity index is 2.58. The minimum absolute atomic E-state index is 0.0314. The highest BCUT2D eigenvalue weighted by atomic mass is 16.5. The fourth-order valence-corrected chi connectivity index (χ4v) is 1.27. The molecule has 1 rings (SSSR count). The SMILES string of the molecule is NC(C(=O)O)C(C=O)C(=O)OCc1ccccc1. The predicted molar refractivity (Wildman–Crippen MR) is 61.4 cm³/mol. The maximum atomic E-state index is 11.5. The molecule has 0 fully saturated rings. The molecule has 0 saturated carbocycles. The molecule has 0 aliphatic carbocycles. The van der Waals surface area contributed by atoms with Crippen LogP contribution in [0.3, 0.4) is 0 Å². The number of carboxylic acids is 1. The Morgan fingerprint density at radius 2 is 1.94 bits per heavy atom. The monoisotopic (exact) mass is 251 g/mol. The second kappa shape index (κ2) is 6.51. The van der Waals surface area contributed by atoms with Gasteiger partial charge < -0.3 is 20.4 Å². The first-order valence-electron chi connectivity index (χ1n) is 5.20. The molecule has 0 heterocycles. The topological polar surface area (TPSA) is 107 Å². The highest BCUT2D eigenvalue weighted by Gasteiger charge is 2.31. The zero-order valence-corrected chi connectivity index (χ0v) is 9.48. The molecule has 96 valence electrons. The van der Waals surface area contributed by atoms with Gasteiger partial charge in [-0.3, -0.25) is 9.59 Å². The summed E-state index contributed by atoms with van der Waals surface area (Å²) in [4.78, 5) is 32.7. The normalized spacial score (nSPS) is 13.4. The summed E-state index contributed by atoms with van der Waals surface area (Å²) in [5.41, 5.74) is 5.95. The van der Waals surface area contributed by atoms with Crippen LogP contribution in [0.1, 0.15) is 5.56 Å². The van der Waals surface area contributed by atoms with E-state index in [9.17, 15) is 14.4 Å². The van der Waals surface area contributed by atoms with E-state index in [1.54, 1.807) is 30.3 Å². The summed E-state index contributed by atoms with van der Waals surface area (Å²) in [6.45, 7) is -0.0314. The van der Waals surface area contributed by atoms with Crippen molar-refractivity contribution in [3.63, 3.8) is 0 Å². The van der Waals surface area contributed by atoms with Gasteiger partial charge in [0.1, 0.15) is 24.9 Å². The Bertz CT molecular complexity index is 431. The number of carboxylic acid groups (broad SMARTS) is 1. The maximum absolute atomic E-state index is 11.5. The number of rotatable bonds is 6. The van der Waals surface area contributed by atoms with Crippen LogP contribution in [-0.2, 0) is 25.7 Å². The molecule has 0 aliphatic heterocycles. The van der Waals surface area contributed by atoms with E-state index in [0.717, 1.165) is 5.56 Å². The first kappa shape index (κ1) is 13.9. The minimum Gasteiger partial charge on any atom is -0.480 e. The molecule has 6 nitrogen and oxygen atoms in total. The summed E-state index contributed by atoms with van der Waals surface area (Å²) >= 11 is 0. The quantitative estimate of drug-likeness (QED) is 0.417. The third-order valence-electron chi connectivity index (χ3n) is 2.31. The van der Waals surface area contributed by atoms with Crippen molar-refractivity contribution in [3.05, 3.63) is 35.9 Å². The van der Waals surface area contributed by atoms with Crippen molar-refractivity contribution in [2.75, 3.05) is 0 Å². The van der Waals surface area contributed by atoms with E-state index in [2.05, 4.69) is 0 Å². The smallest absolute Gasteiger partial charge is 0.321 e. The zero-order valence-electron chi connectivity index (χ0n) is 9.48. The molecule has 0 spiro atoms. The van der Waals surface area contributed by atoms with E-state index in [-0.39, 0.29) is 12.9 Å². The summed E-state index contributed by atoms with van der Waals surface area (Å²) in [5, 5.41) is 8.63. The van der Waals surface area contributed by atoms with Crippen molar-refractivity contribution in [3.8, 4) is 0 Å². The van der Waals surface area contributed by atoms with Crippen molar-refractivity contribution < 1.29 is 24.2 Å². The second-order valence-corrected chi connectivity index (χ2v) is 3.62. The number of hydrogen-bond donors (Lipinski definition) is 2. The van der Waals surface area contributed by atoms with E-state index in [1.165, 1.54) is 0 Å². The van der Waals surface area contributed by atoms with E-state index in [1.807, 2.05) is 0 Å². The summed E-state index contributed by atoms with van der Waals surface area (Å²) < 4.78 is 4.84. The molecular formula is C12H13NO5. The lowest BCUT2D eigenvalue weighted by Crippen LogP contribution is -2.43. The van der Waals surface area contributed by atoms with Crippen LogP contribution in [0.2, 0.25) is 0 Å². The van der Waals surface area contributed by atoms with Gasteiger partial charge in [-0.15, -0.1) is 0 Å². The number of aldehydes is 1. The number of benzene rings is 1. The van der Waals surface area contributed by atoms with Gasteiger partial charge in [-0.1, -0.05) is 30.3 Å². The van der Waals surface area contributed by atoms with E-state index < -0.39 is 23.9 Å². The van der Waals surface area contributed by atoms with Crippen molar-refractivity contribution in [1.29, 1.82) is 0 Å². The van der Waals surface area contributed by atoms with Gasteiger partial charge in [0, 0.05) is 0 Å². The van der Waals surface area contributed by atoms with Gasteiger partial charge in [-0.2, -0.15) is 0 Å². The molecule has 0 radical (unpaired) electrons. The van der Waals surface area contributed by atoms with Crippen LogP contribution < -0.4 is 5.73 Å². The van der Waals surface area contributed by atoms with E-state index in [4.69, 9.17) is 15.6 Å². The number of aliphatic carboxylic acids is 1. The number of nitrogens with two attached hydrogens (primary N) is 1. The van der Waals surface area contributed by atoms with Crippen LogP contribution in [-0.4, -0.2) is 29.4 Å². The van der Waals surface area contributed by atoms with Crippen molar-refractivity contribution in [1.82, 2.24) is 0 Å². The lowest BCUT2D eigenvalue weighted by molar-refractivity contribution is -0.156. The summed E-state index contributed by atoms with van der Waals surface area (Å²) in [7, 11) is 0. The zero-order chi connectivity index (χ0) is 13.5. The van der Waals surface area contributed by atoms with Gasteiger partial charge in [0.05, 0.1) is 0 Å². The highest BCUT2D eigenvalue weighted by molar-refractivity contribution is 5.94. The Kier molecular flexibility index (Phi) is 5.01. The number of carbonyl (C=O) groups is 3. The number of esters is 1. The summed E-state index contributed by atoms with van der Waals surface area (Å²) in [6.07, 6.45) is 0.187. The van der Waals surface area contributed by atoms with Crippen molar-refractivity contribution in [2.24, 2.45) is 11.7 Å². The third-order valence-corrected chi connectivity index (χ3v) is 2.31. The fourth-order valence-electron chi connectivity index (χ4n) is 1.27. The lowest BCUT2D eigenvalue weighted by Gasteiger charge is -2.13. The van der Waals surface area contributed by atoms with E-state index in [0.29, 0.717) is 0 Å². The Hall–Kier alpha value is -2.21. The average Bonchev–Trinajstić information content (AvgIpc) is 2.38. The first-order valence-corrected chi connectivity index (χ1v) is 5.20. The minimum atomic E-state index is -1.59. The van der Waals surface area contributed by atoms with Crippen molar-refractivity contribution in [2.45, 2.75) is 12.6 Å². The Morgan fingerprint density at radius 1 is 1.33 bits per heavy atom. The molecule has 0 aromatic heterocycles. The Labute approximate surface area is 103 Å². The summed E-state index contributed by atoms with van der Waals surface area (Å²) in [6, 6.07) is 7.22. The molecule has 0 aliphatic rings. The molecular weight excluding hydrogens is 238 g/mol. The first-order chi connectivity index (χ1) is 8.56. The molecule has 0 bridgehead atoms. The van der Waals surface area contributed by atoms with Gasteiger partial charge >= 0.3 is 11.9 Å². The molecule has 2 atom stereocenters. The largest absolute Gasteiger partial charge is 0.480 e. The fraction of sp³-hybridized carbons (Fsp3) is 0.250. The average molecular weight is 251 g/mol. The van der Waals surface area contributed by atoms with Gasteiger partial charge in [-0.25, -0.2) is 0 Å². The number of carbonyl (C=O) groups excluding carboxylic acids is 2. The molecule has 1 aromatic rings. The predicted octanol–water partition coefficient (Wildman–Crippen LogP) is -0.0432. The van der Waals surface area contributed by atoms with Crippen molar-refractivity contribution >= 4 is 18.2 Å². The molecule has 3 N–H and O–H groups in total. The molecule has 18 heavy (non-hydrogen) atoms. The molecule has 1 aromatic carbocycles. The van der Waals surface area contributed by atoms with E-state index >= 15 is 0 Å². The standard InChI is InChI=1S/C12H13NO5/c13-10(11(15)16)9(6-14)12(17)18-7-8-4-2-1-3-5-8/h1-6,9-10H,7,13H2,(H,15,16). The summed E-state index contributed by atoms with van der Waals surface area (Å²) in [5.74, 6) is -3.86. The van der Waals surface area contributed by atoms with Crippen LogP contribution in [0.25, 0.3) is 0 Å². The van der Waals surface area contributed by atoms with Gasteiger partial charge in [0.15, 0.2) is 0 Å². The maximum Gasteiger partial charge on any atom is 0.321 e. The number of hydrogen-bond acceptors (Lipinski definition) is 5. The highest BCUT2D eigenvalue weighted by Crippen LogP contribution is 2.06. The Morgan fingerprint density at radius 3 is 2.44 bits per heavy atom. The van der Waals surface area contributed by atoms with Gasteiger partial charge in [0.25, 0.3) is 0 Å². The van der Waals surface area contributed by atoms with Gasteiger partial charge in [-0.05, 0) is 5.56 Å². The van der Waals surface area contributed by atoms with Crippen LogP contribution in [0.15, 0.2) is 30.3 Å². The molecule has 0 saturated heterocycles. The third kappa shape index (κ3) is 3.67. The molecule has 2 unspecified atom stereocenters. The van der Waals surface area contributed by atoms with Crippen LogP contribution in [0.4, 0.5) is 0 Å². The van der Waals surface area contributed by atoms with Crippen LogP contribution in [0.5, 0.6) is 0 Å². The number of ether oxygens (including phenoxy) is 1. The lowest BCUT2D eigenvalue weighted by atomic mass is 10.0.